The molecule has 3 aromatic rings. The van der Waals surface area contributed by atoms with Gasteiger partial charge in [-0.05, 0) is 30.3 Å². The fourth-order valence-corrected chi connectivity index (χ4v) is 2.40. The molecular weight excluding hydrogens is 300 g/mol. The van der Waals surface area contributed by atoms with E-state index in [0.29, 0.717) is 0 Å². The molecule has 2 aromatic heterocycles. The van der Waals surface area contributed by atoms with E-state index in [1.807, 2.05) is 54.6 Å². The zero-order valence-electron chi connectivity index (χ0n) is 10.1. The predicted octanol–water partition coefficient (Wildman–Crippen LogP) is 4.57. The second kappa shape index (κ2) is 5.33. The van der Waals surface area contributed by atoms with E-state index in [9.17, 15) is 0 Å². The monoisotopic (exact) mass is 310 g/mol. The Morgan fingerprint density at radius 1 is 0.684 bits per heavy atom. The van der Waals surface area contributed by atoms with E-state index in [1.165, 1.54) is 0 Å². The van der Waals surface area contributed by atoms with Crippen molar-refractivity contribution in [2.45, 2.75) is 0 Å². The molecule has 0 amide bonds. The van der Waals surface area contributed by atoms with Gasteiger partial charge in [0.05, 0.1) is 17.1 Å². The van der Waals surface area contributed by atoms with Gasteiger partial charge in [0.25, 0.3) is 0 Å². The van der Waals surface area contributed by atoms with Gasteiger partial charge in [-0.15, -0.1) is 0 Å². The first-order valence-electron chi connectivity index (χ1n) is 5.98. The highest BCUT2D eigenvalue weighted by atomic mass is 79.9. The third-order valence-corrected chi connectivity index (χ3v) is 3.52. The molecule has 0 bridgehead atoms. The van der Waals surface area contributed by atoms with Gasteiger partial charge in [-0.25, -0.2) is 4.98 Å². The molecule has 3 heteroatoms. The van der Waals surface area contributed by atoms with Crippen molar-refractivity contribution in [1.82, 2.24) is 9.97 Å². The van der Waals surface area contributed by atoms with Gasteiger partial charge in [0.15, 0.2) is 0 Å². The van der Waals surface area contributed by atoms with Gasteiger partial charge in [0.1, 0.15) is 0 Å². The van der Waals surface area contributed by atoms with Crippen molar-refractivity contribution in [2.75, 3.05) is 0 Å². The van der Waals surface area contributed by atoms with Crippen molar-refractivity contribution in [3.63, 3.8) is 0 Å². The molecule has 19 heavy (non-hydrogen) atoms. The fourth-order valence-electron chi connectivity index (χ4n) is 1.91. The van der Waals surface area contributed by atoms with E-state index >= 15 is 0 Å². The van der Waals surface area contributed by atoms with Crippen molar-refractivity contribution in [3.05, 3.63) is 71.3 Å². The summed E-state index contributed by atoms with van der Waals surface area (Å²) < 4.78 is 1.04. The van der Waals surface area contributed by atoms with E-state index in [4.69, 9.17) is 0 Å². The summed E-state index contributed by atoms with van der Waals surface area (Å²) in [6.45, 7) is 0. The number of aromatic nitrogens is 2. The van der Waals surface area contributed by atoms with Crippen LogP contribution in [-0.4, -0.2) is 9.97 Å². The molecule has 2 heterocycles. The highest BCUT2D eigenvalue weighted by Gasteiger charge is 2.06. The molecule has 0 atom stereocenters. The second-order valence-corrected chi connectivity index (χ2v) is 4.96. The summed E-state index contributed by atoms with van der Waals surface area (Å²) in [5, 5.41) is 0. The highest BCUT2D eigenvalue weighted by molar-refractivity contribution is 9.10. The lowest BCUT2D eigenvalue weighted by Crippen LogP contribution is -1.90. The maximum atomic E-state index is 4.68. The second-order valence-electron chi connectivity index (χ2n) is 4.10. The number of hydrogen-bond donors (Lipinski definition) is 0. The lowest BCUT2D eigenvalue weighted by molar-refractivity contribution is 1.25. The molecule has 0 fully saturated rings. The molecule has 3 rings (SSSR count). The minimum Gasteiger partial charge on any atom is -0.255 e. The summed E-state index contributed by atoms with van der Waals surface area (Å²) in [4.78, 5) is 9.01. The first kappa shape index (κ1) is 12.1. The first-order chi connectivity index (χ1) is 9.34. The fraction of sp³-hybridized carbons (Fsp3) is 0. The SMILES string of the molecule is Brc1ccccc1-c1cccc(-c2ccccn2)n1. The quantitative estimate of drug-likeness (QED) is 0.692. The van der Waals surface area contributed by atoms with Gasteiger partial charge in [-0.3, -0.25) is 4.98 Å². The van der Waals surface area contributed by atoms with Crippen LogP contribution in [0.2, 0.25) is 0 Å². The summed E-state index contributed by atoms with van der Waals surface area (Å²) >= 11 is 3.56. The number of pyridine rings is 2. The number of benzene rings is 1. The van der Waals surface area contributed by atoms with E-state index in [2.05, 4.69) is 32.0 Å². The predicted molar refractivity (Wildman–Crippen MR) is 80.6 cm³/mol. The normalized spacial score (nSPS) is 10.4. The summed E-state index contributed by atoms with van der Waals surface area (Å²) in [5.74, 6) is 0. The summed E-state index contributed by atoms with van der Waals surface area (Å²) in [7, 11) is 0. The first-order valence-corrected chi connectivity index (χ1v) is 6.77. The van der Waals surface area contributed by atoms with Crippen molar-refractivity contribution in [2.24, 2.45) is 0 Å². The van der Waals surface area contributed by atoms with E-state index in [-0.39, 0.29) is 0 Å². The topological polar surface area (TPSA) is 25.8 Å². The smallest absolute Gasteiger partial charge is 0.0893 e. The Kier molecular flexibility index (Phi) is 3.38. The summed E-state index contributed by atoms with van der Waals surface area (Å²) in [6.07, 6.45) is 1.78. The third-order valence-electron chi connectivity index (χ3n) is 2.83. The van der Waals surface area contributed by atoms with Crippen LogP contribution in [-0.2, 0) is 0 Å². The Bertz CT molecular complexity index is 696. The Morgan fingerprint density at radius 2 is 1.42 bits per heavy atom. The highest BCUT2D eigenvalue weighted by Crippen LogP contribution is 2.27. The number of hydrogen-bond acceptors (Lipinski definition) is 2. The molecule has 0 saturated carbocycles. The zero-order chi connectivity index (χ0) is 13.1. The van der Waals surface area contributed by atoms with E-state index in [1.54, 1.807) is 6.20 Å². The van der Waals surface area contributed by atoms with Crippen LogP contribution in [0.15, 0.2) is 71.3 Å². The molecule has 0 unspecified atom stereocenters. The van der Waals surface area contributed by atoms with Crippen LogP contribution >= 0.6 is 15.9 Å². The molecule has 0 aliphatic rings. The van der Waals surface area contributed by atoms with Crippen LogP contribution in [0, 0.1) is 0 Å². The Labute approximate surface area is 120 Å². The molecule has 1 aromatic carbocycles. The van der Waals surface area contributed by atoms with Crippen molar-refractivity contribution in [1.29, 1.82) is 0 Å². The van der Waals surface area contributed by atoms with Crippen LogP contribution in [0.1, 0.15) is 0 Å². The lowest BCUT2D eigenvalue weighted by atomic mass is 10.1. The van der Waals surface area contributed by atoms with Gasteiger partial charge in [-0.2, -0.15) is 0 Å². The third kappa shape index (κ3) is 2.56. The van der Waals surface area contributed by atoms with Crippen LogP contribution in [0.25, 0.3) is 22.6 Å². The van der Waals surface area contributed by atoms with Gasteiger partial charge >= 0.3 is 0 Å². The van der Waals surface area contributed by atoms with Crippen molar-refractivity contribution < 1.29 is 0 Å². The Hall–Kier alpha value is -2.00. The molecule has 0 N–H and O–H groups in total. The Morgan fingerprint density at radius 3 is 2.21 bits per heavy atom. The van der Waals surface area contributed by atoms with Gasteiger partial charge in [-0.1, -0.05) is 46.3 Å². The van der Waals surface area contributed by atoms with Crippen molar-refractivity contribution in [3.8, 4) is 22.6 Å². The molecule has 92 valence electrons. The number of nitrogens with zero attached hydrogens (tertiary/aromatic N) is 2. The van der Waals surface area contributed by atoms with E-state index in [0.717, 1.165) is 27.1 Å². The van der Waals surface area contributed by atoms with Crippen LogP contribution in [0.4, 0.5) is 0 Å². The molecule has 2 nitrogen and oxygen atoms in total. The zero-order valence-corrected chi connectivity index (χ0v) is 11.7. The minimum absolute atomic E-state index is 0.883. The maximum absolute atomic E-state index is 4.68. The summed E-state index contributed by atoms with van der Waals surface area (Å²) in [5.41, 5.74) is 3.79. The Balaban J connectivity index is 2.09. The molecule has 0 spiro atoms. The van der Waals surface area contributed by atoms with Gasteiger partial charge in [0.2, 0.25) is 0 Å². The average molecular weight is 311 g/mol. The average Bonchev–Trinajstić information content (AvgIpc) is 2.49. The maximum Gasteiger partial charge on any atom is 0.0893 e. The van der Waals surface area contributed by atoms with Crippen LogP contribution < -0.4 is 0 Å². The molecule has 0 radical (unpaired) electrons. The largest absolute Gasteiger partial charge is 0.255 e. The van der Waals surface area contributed by atoms with Crippen LogP contribution in [0.3, 0.4) is 0 Å². The van der Waals surface area contributed by atoms with Gasteiger partial charge < -0.3 is 0 Å². The standard InChI is InChI=1S/C16H11BrN2/c17-13-7-2-1-6-12(13)14-9-5-10-16(19-14)15-8-3-4-11-18-15/h1-11H. The van der Waals surface area contributed by atoms with Gasteiger partial charge in [0, 0.05) is 16.2 Å². The van der Waals surface area contributed by atoms with E-state index < -0.39 is 0 Å². The molecular formula is C16H11BrN2. The molecule has 0 aliphatic carbocycles. The van der Waals surface area contributed by atoms with Crippen molar-refractivity contribution >= 4 is 15.9 Å². The molecule has 0 aliphatic heterocycles. The van der Waals surface area contributed by atoms with Crippen LogP contribution in [0.5, 0.6) is 0 Å². The summed E-state index contributed by atoms with van der Waals surface area (Å²) in [6, 6.07) is 19.9. The number of rotatable bonds is 2. The minimum atomic E-state index is 0.883. The lowest BCUT2D eigenvalue weighted by Gasteiger charge is -2.06. The number of halogens is 1. The molecule has 0 saturated heterocycles.